The predicted octanol–water partition coefficient (Wildman–Crippen LogP) is 20.8. The topological polar surface area (TPSA) is 356 Å². The molecule has 0 aliphatic heterocycles. The van der Waals surface area contributed by atoms with Crippen molar-refractivity contribution in [1.29, 1.82) is 0 Å². The minimum atomic E-state index is -0.403. The van der Waals surface area contributed by atoms with Crippen LogP contribution in [-0.4, -0.2) is 93.9 Å². The van der Waals surface area contributed by atoms with Gasteiger partial charge in [-0.05, 0) is 220 Å². The van der Waals surface area contributed by atoms with Crippen LogP contribution >= 0.6 is 34.0 Å². The molecule has 20 heterocycles. The van der Waals surface area contributed by atoms with E-state index in [-0.39, 0.29) is 39.2 Å². The van der Waals surface area contributed by atoms with Crippen LogP contribution in [0.3, 0.4) is 0 Å². The predicted molar refractivity (Wildman–Crippen MR) is 530 cm³/mol. The second kappa shape index (κ2) is 35.4. The maximum Gasteiger partial charge on any atom is 0.273 e. The summed E-state index contributed by atoms with van der Waals surface area (Å²) in [6, 6.07) is 77.2. The lowest BCUT2D eigenvalue weighted by Crippen LogP contribution is -2.23. The maximum atomic E-state index is 12.9. The molecule has 0 saturated heterocycles. The van der Waals surface area contributed by atoms with Gasteiger partial charge >= 0.3 is 0 Å². The third-order valence-corrected chi connectivity index (χ3v) is 25.5. The normalized spacial score (nSPS) is 11.3. The summed E-state index contributed by atoms with van der Waals surface area (Å²) in [5.74, 6) is 1.36. The molecule has 0 atom stereocenters. The number of benzene rings is 4. The van der Waals surface area contributed by atoms with Gasteiger partial charge in [-0.25, -0.2) is 44.9 Å². The van der Waals surface area contributed by atoms with E-state index in [0.717, 1.165) is 147 Å². The quantitative estimate of drug-likeness (QED) is 0.0882. The molecule has 644 valence electrons. The SMILES string of the molecule is Cc1ccc(-c2nc3[nH]c(=O)c(-c4cncnc4)cc3cc2-c2ccc3ncccc3c2)s1.Cc1ccc(-c2nc3[nH]c(=O)c(-n4ccccc4=O)cc3cc2-c2ccc3ncccc3c2)o1.Cc1ccc(-c2nc3[nH]c(=O)c(-n4ccccc4=O)cc3cc2-c2ccc3ncccc3c2)s1.Cc1ncc(-c2nc3[nH]c(=O)c(-c4cncnc4)cc3cc2-c2ccc3ncccc3c2)s1. The number of rotatable bonds is 12. The lowest BCUT2D eigenvalue weighted by molar-refractivity contribution is 0.547. The molecule has 0 fully saturated rings. The molecule has 0 aliphatic rings. The number of furan rings is 1. The van der Waals surface area contributed by atoms with Gasteiger partial charge in [0, 0.05) is 167 Å². The monoisotopic (exact) mass is 1800 g/mol. The molecule has 29 heteroatoms. The molecule has 134 heavy (non-hydrogen) atoms. The standard InChI is InChI=1S/C27H18N4O3.C27H18N4O2S.C26H17N5OS.C25H16N6OS/c2*1-16-7-10-23(34-16)25-20(17-8-9-21-18(13-17)5-4-11-28-21)14-19-15-22(27(33)30-26(19)29-25)31-12-3-2-6-24(31)32;1-15-4-7-23(33-15)24-20(16-5-6-22-17(9-16)3-2-8-29-22)10-18-11-21(19-12-27-14-28-13-19)26(32)31-25(18)30-24;1-14-29-12-22(33-14)23-19(15-4-5-21-16(7-15)3-2-6-28-21)8-17-9-20(18-10-26-13-27-11-18)25(32)31-24(17)30-23/h2*2-15H,1H3,(H,29,30,33);2-14H,1H3,(H,30,31,32);2-13H,1H3,(H,30,31,32). The lowest BCUT2D eigenvalue weighted by Gasteiger charge is -2.12. The number of pyridine rings is 14. The second-order valence-corrected chi connectivity index (χ2v) is 35.3. The van der Waals surface area contributed by atoms with E-state index >= 15 is 0 Å². The van der Waals surface area contributed by atoms with Crippen LogP contribution in [0.1, 0.15) is 20.5 Å². The summed E-state index contributed by atoms with van der Waals surface area (Å²) in [4.78, 5) is 151. The molecule has 0 aliphatic carbocycles. The van der Waals surface area contributed by atoms with Crippen molar-refractivity contribution < 1.29 is 4.42 Å². The average Bonchev–Trinajstić information content (AvgIpc) is 1.15. The third-order valence-electron chi connectivity index (χ3n) is 22.6. The Hall–Kier alpha value is -17.7. The van der Waals surface area contributed by atoms with Gasteiger partial charge in [-0.3, -0.25) is 57.8 Å². The Balaban J connectivity index is 0.000000107. The molecule has 0 unspecified atom stereocenters. The maximum absolute atomic E-state index is 12.9. The number of aromatic amines is 4. The highest BCUT2D eigenvalue weighted by Gasteiger charge is 2.24. The van der Waals surface area contributed by atoms with Crippen molar-refractivity contribution in [1.82, 2.24) is 93.9 Å². The zero-order chi connectivity index (χ0) is 91.2. The summed E-state index contributed by atoms with van der Waals surface area (Å²) in [6.45, 7) is 7.97. The number of H-pyrrole nitrogens is 4. The van der Waals surface area contributed by atoms with Gasteiger partial charge < -0.3 is 24.4 Å². The van der Waals surface area contributed by atoms with Crippen LogP contribution in [0, 0.1) is 27.7 Å². The summed E-state index contributed by atoms with van der Waals surface area (Å²) in [5.41, 5.74) is 17.4. The van der Waals surface area contributed by atoms with E-state index in [1.807, 2.05) is 141 Å². The highest BCUT2D eigenvalue weighted by molar-refractivity contribution is 7.16. The van der Waals surface area contributed by atoms with Gasteiger partial charge in [-0.2, -0.15) is 0 Å². The summed E-state index contributed by atoms with van der Waals surface area (Å²) >= 11 is 4.91. The van der Waals surface area contributed by atoms with Crippen LogP contribution in [0.15, 0.2) is 357 Å². The van der Waals surface area contributed by atoms with Crippen LogP contribution in [0.2, 0.25) is 0 Å². The van der Waals surface area contributed by atoms with Crippen LogP contribution in [-0.2, 0) is 0 Å². The molecule has 0 radical (unpaired) electrons. The molecule has 24 rings (SSSR count). The first kappa shape index (κ1) is 83.3. The minimum Gasteiger partial charge on any atom is -0.460 e. The number of hydrogen-bond acceptors (Lipinski definition) is 23. The number of fused-ring (bicyclic) bond motifs is 8. The molecule has 4 N–H and O–H groups in total. The van der Waals surface area contributed by atoms with Crippen molar-refractivity contribution in [3.05, 3.63) is 406 Å². The molecule has 0 spiro atoms. The largest absolute Gasteiger partial charge is 0.460 e. The summed E-state index contributed by atoms with van der Waals surface area (Å²) in [6.07, 6.45) is 21.5. The number of nitrogens with zero attached hydrogens (tertiary/aromatic N) is 15. The summed E-state index contributed by atoms with van der Waals surface area (Å²) in [5, 5.41) is 8.19. The Morgan fingerprint density at radius 2 is 0.649 bits per heavy atom. The van der Waals surface area contributed by atoms with Gasteiger partial charge in [0.1, 0.15) is 58.1 Å². The number of hydrogen-bond donors (Lipinski definition) is 4. The molecule has 24 aromatic rings. The molecule has 0 amide bonds. The number of nitrogens with one attached hydrogen (secondary N) is 4. The number of aromatic nitrogens is 19. The van der Waals surface area contributed by atoms with E-state index in [4.69, 9.17) is 24.4 Å². The Kier molecular flexibility index (Phi) is 22.0. The van der Waals surface area contributed by atoms with Crippen LogP contribution in [0.25, 0.3) is 209 Å². The van der Waals surface area contributed by atoms with Gasteiger partial charge in [0.15, 0.2) is 5.76 Å². The fourth-order valence-corrected chi connectivity index (χ4v) is 18.7. The van der Waals surface area contributed by atoms with Crippen molar-refractivity contribution in [2.24, 2.45) is 0 Å². The fraction of sp³-hybridized carbons (Fsp3) is 0.0381. The van der Waals surface area contributed by atoms with Gasteiger partial charge in [0.2, 0.25) is 0 Å². The molecule has 0 bridgehead atoms. The number of thiophene rings is 2. The highest BCUT2D eigenvalue weighted by Crippen LogP contribution is 2.43. The molecule has 26 nitrogen and oxygen atoms in total. The van der Waals surface area contributed by atoms with Gasteiger partial charge in [-0.1, -0.05) is 60.7 Å². The molecular weight excluding hydrogens is 1740 g/mol. The fourth-order valence-electron chi connectivity index (χ4n) is 16.2. The number of aryl methyl sites for hydroxylation is 4. The van der Waals surface area contributed by atoms with E-state index in [2.05, 4.69) is 151 Å². The smallest absolute Gasteiger partial charge is 0.273 e. The Labute approximate surface area is 769 Å². The molecule has 4 aromatic carbocycles. The van der Waals surface area contributed by atoms with E-state index in [1.165, 1.54) is 43.7 Å². The molecular formula is C105H69N19O7S3. The summed E-state index contributed by atoms with van der Waals surface area (Å²) < 4.78 is 8.56. The zero-order valence-electron chi connectivity index (χ0n) is 71.4. The van der Waals surface area contributed by atoms with Crippen molar-refractivity contribution in [3.8, 4) is 121 Å². The van der Waals surface area contributed by atoms with E-state index in [9.17, 15) is 28.8 Å². The zero-order valence-corrected chi connectivity index (χ0v) is 73.8. The summed E-state index contributed by atoms with van der Waals surface area (Å²) in [7, 11) is 0. The Morgan fingerprint density at radius 1 is 0.291 bits per heavy atom. The van der Waals surface area contributed by atoms with Crippen LogP contribution in [0.5, 0.6) is 0 Å². The van der Waals surface area contributed by atoms with Crippen molar-refractivity contribution in [2.45, 2.75) is 27.7 Å². The minimum absolute atomic E-state index is 0.220. The van der Waals surface area contributed by atoms with E-state index in [1.54, 1.807) is 132 Å². The van der Waals surface area contributed by atoms with E-state index < -0.39 is 5.56 Å². The van der Waals surface area contributed by atoms with Crippen LogP contribution in [0.4, 0.5) is 0 Å². The van der Waals surface area contributed by atoms with Gasteiger partial charge in [0.25, 0.3) is 33.4 Å². The average molecular weight is 1810 g/mol. The second-order valence-electron chi connectivity index (χ2n) is 31.5. The highest BCUT2D eigenvalue weighted by atomic mass is 32.1. The van der Waals surface area contributed by atoms with Gasteiger partial charge in [0.05, 0.1) is 69.9 Å². The Bertz CT molecular complexity index is 8650. The first-order valence-corrected chi connectivity index (χ1v) is 44.6. The van der Waals surface area contributed by atoms with E-state index in [0.29, 0.717) is 61.7 Å². The van der Waals surface area contributed by atoms with Gasteiger partial charge in [-0.15, -0.1) is 34.0 Å². The van der Waals surface area contributed by atoms with Crippen molar-refractivity contribution >= 4 is 122 Å². The lowest BCUT2D eigenvalue weighted by atomic mass is 9.99. The van der Waals surface area contributed by atoms with Crippen LogP contribution < -0.4 is 33.4 Å². The Morgan fingerprint density at radius 3 is 1.00 bits per heavy atom. The third kappa shape index (κ3) is 16.7. The van der Waals surface area contributed by atoms with Crippen molar-refractivity contribution in [3.63, 3.8) is 0 Å². The first-order valence-electron chi connectivity index (χ1n) is 42.2. The van der Waals surface area contributed by atoms with Crippen molar-refractivity contribution in [2.75, 3.05) is 0 Å². The first-order chi connectivity index (χ1) is 65.4. The molecule has 0 saturated carbocycles. The molecule has 20 aromatic heterocycles. The number of thiazole rings is 1.